The van der Waals surface area contributed by atoms with Gasteiger partial charge in [0, 0.05) is 16.7 Å². The lowest BCUT2D eigenvalue weighted by molar-refractivity contribution is -0.151. The van der Waals surface area contributed by atoms with Gasteiger partial charge in [-0.05, 0) is 62.4 Å². The van der Waals surface area contributed by atoms with E-state index in [-0.39, 0.29) is 5.97 Å². The third kappa shape index (κ3) is 6.31. The number of benzene rings is 2. The van der Waals surface area contributed by atoms with Crippen molar-refractivity contribution >= 4 is 17.6 Å². The molecule has 0 aliphatic heterocycles. The van der Waals surface area contributed by atoms with E-state index in [4.69, 9.17) is 26.1 Å². The molecule has 31 heavy (non-hydrogen) atoms. The molecule has 0 N–H and O–H groups in total. The first-order chi connectivity index (χ1) is 14.9. The molecule has 1 heterocycles. The van der Waals surface area contributed by atoms with Gasteiger partial charge in [0.25, 0.3) is 0 Å². The zero-order chi connectivity index (χ0) is 22.3. The highest BCUT2D eigenvalue weighted by atomic mass is 35.5. The highest BCUT2D eigenvalue weighted by molar-refractivity contribution is 6.30. The van der Waals surface area contributed by atoms with Crippen LogP contribution < -0.4 is 4.74 Å². The van der Waals surface area contributed by atoms with Crippen molar-refractivity contribution < 1.29 is 14.3 Å². The second-order valence-corrected chi connectivity index (χ2v) is 8.57. The monoisotopic (exact) mass is 437 g/mol. The average molecular weight is 438 g/mol. The molecular formula is C26H28ClNO3. The van der Waals surface area contributed by atoms with E-state index in [9.17, 15) is 4.79 Å². The molecular weight excluding hydrogens is 410 g/mol. The molecule has 0 atom stereocenters. The molecule has 0 saturated carbocycles. The minimum atomic E-state index is -0.484. The van der Waals surface area contributed by atoms with Gasteiger partial charge in [-0.2, -0.15) is 0 Å². The van der Waals surface area contributed by atoms with Crippen LogP contribution in [0.2, 0.25) is 5.02 Å². The third-order valence-electron chi connectivity index (χ3n) is 5.23. The number of esters is 1. The lowest BCUT2D eigenvalue weighted by Gasteiger charge is -2.21. The van der Waals surface area contributed by atoms with Gasteiger partial charge in [0.15, 0.2) is 0 Å². The summed E-state index contributed by atoms with van der Waals surface area (Å²) in [7, 11) is 1.43. The van der Waals surface area contributed by atoms with Gasteiger partial charge in [0.05, 0.1) is 24.8 Å². The van der Waals surface area contributed by atoms with E-state index in [1.807, 2.05) is 74.5 Å². The quantitative estimate of drug-likeness (QED) is 0.272. The minimum Gasteiger partial charge on any atom is -0.478 e. The summed E-state index contributed by atoms with van der Waals surface area (Å²) in [6.07, 6.45) is 2.44. The summed E-state index contributed by atoms with van der Waals surface area (Å²) in [5, 5.41) is 0.701. The summed E-state index contributed by atoms with van der Waals surface area (Å²) < 4.78 is 10.9. The van der Waals surface area contributed by atoms with Crippen molar-refractivity contribution in [3.8, 4) is 28.3 Å². The summed E-state index contributed by atoms with van der Waals surface area (Å²) in [6, 6.07) is 21.8. The molecule has 0 fully saturated rings. The first kappa shape index (κ1) is 22.8. The lowest BCUT2D eigenvalue weighted by Crippen LogP contribution is -2.25. The number of carbonyl (C=O) groups excluding carboxylic acids is 1. The van der Waals surface area contributed by atoms with E-state index in [0.717, 1.165) is 41.6 Å². The molecule has 0 radical (unpaired) electrons. The van der Waals surface area contributed by atoms with Crippen LogP contribution in [-0.2, 0) is 9.53 Å². The maximum absolute atomic E-state index is 11.8. The number of rotatable bonds is 9. The number of unbranched alkanes of at least 4 members (excludes halogenated alkanes) is 1. The van der Waals surface area contributed by atoms with E-state index in [0.29, 0.717) is 17.5 Å². The van der Waals surface area contributed by atoms with Crippen molar-refractivity contribution in [1.29, 1.82) is 0 Å². The largest absolute Gasteiger partial charge is 0.478 e. The Morgan fingerprint density at radius 2 is 1.65 bits per heavy atom. The van der Waals surface area contributed by atoms with Crippen LogP contribution in [-0.4, -0.2) is 24.7 Å². The summed E-state index contributed by atoms with van der Waals surface area (Å²) >= 11 is 6.05. The van der Waals surface area contributed by atoms with Crippen molar-refractivity contribution in [3.05, 3.63) is 71.8 Å². The Kier molecular flexibility index (Phi) is 7.69. The van der Waals surface area contributed by atoms with Gasteiger partial charge in [-0.3, -0.25) is 4.79 Å². The summed E-state index contributed by atoms with van der Waals surface area (Å²) in [6.45, 7) is 4.34. The second-order valence-electron chi connectivity index (χ2n) is 8.13. The molecule has 3 aromatic rings. The van der Waals surface area contributed by atoms with Gasteiger partial charge < -0.3 is 9.47 Å². The maximum Gasteiger partial charge on any atom is 0.311 e. The second kappa shape index (κ2) is 10.5. The molecule has 1 aromatic heterocycles. The lowest BCUT2D eigenvalue weighted by atomic mass is 9.87. The van der Waals surface area contributed by atoms with Crippen LogP contribution in [0.25, 0.3) is 22.4 Å². The Balaban J connectivity index is 1.73. The highest BCUT2D eigenvalue weighted by Gasteiger charge is 2.27. The number of ether oxygens (including phenoxy) is 2. The van der Waals surface area contributed by atoms with Gasteiger partial charge in [-0.25, -0.2) is 4.98 Å². The van der Waals surface area contributed by atoms with Crippen LogP contribution in [0.15, 0.2) is 66.7 Å². The number of nitrogens with zero attached hydrogens (tertiary/aromatic N) is 1. The van der Waals surface area contributed by atoms with Crippen LogP contribution in [0.3, 0.4) is 0 Å². The van der Waals surface area contributed by atoms with Crippen molar-refractivity contribution in [2.24, 2.45) is 5.41 Å². The maximum atomic E-state index is 11.8. The Morgan fingerprint density at radius 1 is 0.935 bits per heavy atom. The fraction of sp³-hybridized carbons (Fsp3) is 0.308. The van der Waals surface area contributed by atoms with Crippen LogP contribution in [0.4, 0.5) is 0 Å². The molecule has 0 saturated heterocycles. The average Bonchev–Trinajstić information content (AvgIpc) is 2.79. The standard InChI is InChI=1S/C26H28ClNO3/c1-26(2,25(29)30-3)15-7-8-16-31-24-18-21(19-11-13-22(27)14-12-19)17-23(28-24)20-9-5-4-6-10-20/h4-6,9-14,17-18H,7-8,15-16H2,1-3H3. The fourth-order valence-electron chi connectivity index (χ4n) is 3.37. The molecule has 0 aliphatic rings. The highest BCUT2D eigenvalue weighted by Crippen LogP contribution is 2.30. The predicted octanol–water partition coefficient (Wildman–Crippen LogP) is 6.82. The third-order valence-corrected chi connectivity index (χ3v) is 5.48. The molecule has 0 amide bonds. The summed E-state index contributed by atoms with van der Waals surface area (Å²) in [5.74, 6) is 0.400. The number of carbonyl (C=O) groups is 1. The fourth-order valence-corrected chi connectivity index (χ4v) is 3.50. The Hall–Kier alpha value is -2.85. The predicted molar refractivity (Wildman–Crippen MR) is 125 cm³/mol. The Labute approximate surface area is 189 Å². The van der Waals surface area contributed by atoms with Crippen LogP contribution in [0, 0.1) is 5.41 Å². The zero-order valence-corrected chi connectivity index (χ0v) is 19.0. The Bertz CT molecular complexity index is 1000. The summed E-state index contributed by atoms with van der Waals surface area (Å²) in [5.41, 5.74) is 3.47. The van der Waals surface area contributed by atoms with E-state index in [2.05, 4.69) is 6.07 Å². The normalized spacial score (nSPS) is 11.2. The topological polar surface area (TPSA) is 48.4 Å². The SMILES string of the molecule is COC(=O)C(C)(C)CCCCOc1cc(-c2ccc(Cl)cc2)cc(-c2ccccc2)n1. The minimum absolute atomic E-state index is 0.182. The number of aromatic nitrogens is 1. The van der Waals surface area contributed by atoms with Gasteiger partial charge >= 0.3 is 5.97 Å². The Morgan fingerprint density at radius 3 is 2.32 bits per heavy atom. The van der Waals surface area contributed by atoms with Crippen LogP contribution in [0.5, 0.6) is 5.88 Å². The van der Waals surface area contributed by atoms with Crippen LogP contribution >= 0.6 is 11.6 Å². The number of methoxy groups -OCH3 is 1. The van der Waals surface area contributed by atoms with Crippen molar-refractivity contribution in [2.45, 2.75) is 33.1 Å². The number of hydrogen-bond acceptors (Lipinski definition) is 4. The number of pyridine rings is 1. The van der Waals surface area contributed by atoms with Gasteiger partial charge in [-0.15, -0.1) is 0 Å². The van der Waals surface area contributed by atoms with Crippen molar-refractivity contribution in [3.63, 3.8) is 0 Å². The van der Waals surface area contributed by atoms with E-state index < -0.39 is 5.41 Å². The molecule has 162 valence electrons. The van der Waals surface area contributed by atoms with E-state index in [1.165, 1.54) is 7.11 Å². The van der Waals surface area contributed by atoms with Gasteiger partial charge in [0.2, 0.25) is 5.88 Å². The zero-order valence-electron chi connectivity index (χ0n) is 18.2. The molecule has 3 rings (SSSR count). The number of hydrogen-bond donors (Lipinski definition) is 0. The molecule has 0 unspecified atom stereocenters. The van der Waals surface area contributed by atoms with E-state index in [1.54, 1.807) is 0 Å². The molecule has 0 aliphatic carbocycles. The van der Waals surface area contributed by atoms with Crippen molar-refractivity contribution in [1.82, 2.24) is 4.98 Å². The summed E-state index contributed by atoms with van der Waals surface area (Å²) in [4.78, 5) is 16.5. The molecule has 2 aromatic carbocycles. The van der Waals surface area contributed by atoms with Gasteiger partial charge in [-0.1, -0.05) is 54.1 Å². The molecule has 0 bridgehead atoms. The molecule has 5 heteroatoms. The van der Waals surface area contributed by atoms with Crippen molar-refractivity contribution in [2.75, 3.05) is 13.7 Å². The first-order valence-electron chi connectivity index (χ1n) is 10.4. The number of halogens is 1. The van der Waals surface area contributed by atoms with Crippen LogP contribution in [0.1, 0.15) is 33.1 Å². The van der Waals surface area contributed by atoms with E-state index >= 15 is 0 Å². The smallest absolute Gasteiger partial charge is 0.311 e. The molecule has 4 nitrogen and oxygen atoms in total. The first-order valence-corrected chi connectivity index (χ1v) is 10.8. The molecule has 0 spiro atoms. The van der Waals surface area contributed by atoms with Gasteiger partial charge in [0.1, 0.15) is 0 Å².